The number of rotatable bonds is 7. The van der Waals surface area contributed by atoms with Crippen LogP contribution in [0.2, 0.25) is 0 Å². The van der Waals surface area contributed by atoms with E-state index < -0.39 is 0 Å². The molecule has 1 N–H and O–H groups in total. The minimum Gasteiger partial charge on any atom is -0.378 e. The molecule has 1 heterocycles. The Morgan fingerprint density at radius 2 is 2.12 bits per heavy atom. The molecule has 102 valence electrons. The molecule has 0 radical (unpaired) electrons. The van der Waals surface area contributed by atoms with E-state index in [1.54, 1.807) is 0 Å². The summed E-state index contributed by atoms with van der Waals surface area (Å²) in [5.74, 6) is 0.805. The van der Waals surface area contributed by atoms with E-state index in [-0.39, 0.29) is 0 Å². The van der Waals surface area contributed by atoms with Gasteiger partial charge in [-0.1, -0.05) is 34.1 Å². The van der Waals surface area contributed by atoms with Crippen molar-refractivity contribution in [2.75, 3.05) is 32.8 Å². The Balaban J connectivity index is 2.36. The van der Waals surface area contributed by atoms with Crippen LogP contribution in [0.4, 0.5) is 0 Å². The van der Waals surface area contributed by atoms with Crippen molar-refractivity contribution in [3.05, 3.63) is 0 Å². The Hall–Kier alpha value is -0.120. The molecule has 0 spiro atoms. The standard InChI is InChI=1S/C14H30N2O/c1-5-6-13(4)10-16-7-8-17-11-14(16)9-15-12(2)3/h12-15H,5-11H2,1-4H3. The Bertz CT molecular complexity index is 197. The molecular weight excluding hydrogens is 212 g/mol. The van der Waals surface area contributed by atoms with Gasteiger partial charge in [-0.15, -0.1) is 0 Å². The largest absolute Gasteiger partial charge is 0.378 e. The number of ether oxygens (including phenoxy) is 1. The lowest BCUT2D eigenvalue weighted by Gasteiger charge is -2.37. The second-order valence-corrected chi connectivity index (χ2v) is 5.68. The SMILES string of the molecule is CCCC(C)CN1CCOCC1CNC(C)C. The maximum atomic E-state index is 5.60. The number of nitrogens with one attached hydrogen (secondary N) is 1. The van der Waals surface area contributed by atoms with Crippen LogP contribution in [0, 0.1) is 5.92 Å². The second-order valence-electron chi connectivity index (χ2n) is 5.68. The Morgan fingerprint density at radius 1 is 1.35 bits per heavy atom. The first kappa shape index (κ1) is 14.9. The van der Waals surface area contributed by atoms with Crippen LogP contribution in [0.5, 0.6) is 0 Å². The van der Waals surface area contributed by atoms with E-state index >= 15 is 0 Å². The molecule has 0 amide bonds. The predicted molar refractivity (Wildman–Crippen MR) is 73.4 cm³/mol. The lowest BCUT2D eigenvalue weighted by Crippen LogP contribution is -2.52. The summed E-state index contributed by atoms with van der Waals surface area (Å²) in [7, 11) is 0. The van der Waals surface area contributed by atoms with Crippen LogP contribution in [0.1, 0.15) is 40.5 Å². The summed E-state index contributed by atoms with van der Waals surface area (Å²) in [6.45, 7) is 14.2. The van der Waals surface area contributed by atoms with E-state index in [2.05, 4.69) is 37.9 Å². The first-order valence-electron chi connectivity index (χ1n) is 7.18. The van der Waals surface area contributed by atoms with E-state index in [9.17, 15) is 0 Å². The first-order valence-corrected chi connectivity index (χ1v) is 7.18. The third-order valence-electron chi connectivity index (χ3n) is 3.44. The molecule has 0 aromatic rings. The van der Waals surface area contributed by atoms with Gasteiger partial charge < -0.3 is 10.1 Å². The van der Waals surface area contributed by atoms with Crippen molar-refractivity contribution in [3.63, 3.8) is 0 Å². The molecule has 1 rings (SSSR count). The summed E-state index contributed by atoms with van der Waals surface area (Å²) in [6, 6.07) is 1.12. The summed E-state index contributed by atoms with van der Waals surface area (Å²) in [4.78, 5) is 2.61. The third-order valence-corrected chi connectivity index (χ3v) is 3.44. The van der Waals surface area contributed by atoms with Gasteiger partial charge >= 0.3 is 0 Å². The van der Waals surface area contributed by atoms with Gasteiger partial charge in [0.1, 0.15) is 0 Å². The molecule has 0 aliphatic carbocycles. The van der Waals surface area contributed by atoms with Gasteiger partial charge in [-0.05, 0) is 12.3 Å². The fourth-order valence-electron chi connectivity index (χ4n) is 2.47. The van der Waals surface area contributed by atoms with Crippen LogP contribution in [0.25, 0.3) is 0 Å². The first-order chi connectivity index (χ1) is 8.13. The zero-order valence-corrected chi connectivity index (χ0v) is 12.0. The van der Waals surface area contributed by atoms with Gasteiger partial charge in [0, 0.05) is 31.7 Å². The van der Waals surface area contributed by atoms with Crippen molar-refractivity contribution in [1.29, 1.82) is 0 Å². The van der Waals surface area contributed by atoms with E-state index in [0.717, 1.165) is 32.2 Å². The quantitative estimate of drug-likeness (QED) is 0.740. The van der Waals surface area contributed by atoms with Crippen molar-refractivity contribution in [2.24, 2.45) is 5.92 Å². The molecule has 3 heteroatoms. The topological polar surface area (TPSA) is 24.5 Å². The number of hydrogen-bond donors (Lipinski definition) is 1. The predicted octanol–water partition coefficient (Wildman–Crippen LogP) is 2.12. The average molecular weight is 242 g/mol. The molecular formula is C14H30N2O. The van der Waals surface area contributed by atoms with Crippen molar-refractivity contribution in [3.8, 4) is 0 Å². The van der Waals surface area contributed by atoms with Crippen molar-refractivity contribution in [1.82, 2.24) is 10.2 Å². The highest BCUT2D eigenvalue weighted by Crippen LogP contribution is 2.13. The molecule has 2 atom stereocenters. The number of nitrogens with zero attached hydrogens (tertiary/aromatic N) is 1. The summed E-state index contributed by atoms with van der Waals surface area (Å²) in [5.41, 5.74) is 0. The molecule has 1 saturated heterocycles. The lowest BCUT2D eigenvalue weighted by molar-refractivity contribution is -0.0136. The van der Waals surface area contributed by atoms with Crippen LogP contribution < -0.4 is 5.32 Å². The summed E-state index contributed by atoms with van der Waals surface area (Å²) < 4.78 is 5.60. The summed E-state index contributed by atoms with van der Waals surface area (Å²) in [5, 5.41) is 3.53. The molecule has 1 aliphatic heterocycles. The monoisotopic (exact) mass is 242 g/mol. The Labute approximate surface area is 107 Å². The van der Waals surface area contributed by atoms with E-state index in [1.807, 2.05) is 0 Å². The maximum Gasteiger partial charge on any atom is 0.0634 e. The molecule has 17 heavy (non-hydrogen) atoms. The Morgan fingerprint density at radius 3 is 2.76 bits per heavy atom. The van der Waals surface area contributed by atoms with E-state index in [1.165, 1.54) is 19.4 Å². The highest BCUT2D eigenvalue weighted by atomic mass is 16.5. The van der Waals surface area contributed by atoms with Crippen LogP contribution in [0.15, 0.2) is 0 Å². The van der Waals surface area contributed by atoms with Crippen LogP contribution in [-0.4, -0.2) is 49.8 Å². The second kappa shape index (κ2) is 8.06. The van der Waals surface area contributed by atoms with E-state index in [0.29, 0.717) is 12.1 Å². The molecule has 0 saturated carbocycles. The fourth-order valence-corrected chi connectivity index (χ4v) is 2.47. The Kier molecular flexibility index (Phi) is 7.09. The molecule has 3 nitrogen and oxygen atoms in total. The molecule has 1 aliphatic rings. The van der Waals surface area contributed by atoms with Crippen molar-refractivity contribution >= 4 is 0 Å². The van der Waals surface area contributed by atoms with Gasteiger partial charge in [-0.2, -0.15) is 0 Å². The molecule has 0 bridgehead atoms. The van der Waals surface area contributed by atoms with Gasteiger partial charge in [0.15, 0.2) is 0 Å². The third kappa shape index (κ3) is 5.84. The normalized spacial score (nSPS) is 24.2. The van der Waals surface area contributed by atoms with Gasteiger partial charge in [0.2, 0.25) is 0 Å². The smallest absolute Gasteiger partial charge is 0.0634 e. The number of morpholine rings is 1. The van der Waals surface area contributed by atoms with Crippen LogP contribution in [0.3, 0.4) is 0 Å². The van der Waals surface area contributed by atoms with Crippen molar-refractivity contribution in [2.45, 2.75) is 52.6 Å². The summed E-state index contributed by atoms with van der Waals surface area (Å²) in [6.07, 6.45) is 2.63. The minimum absolute atomic E-state index is 0.561. The fraction of sp³-hybridized carbons (Fsp3) is 1.00. The average Bonchev–Trinajstić information content (AvgIpc) is 2.28. The zero-order chi connectivity index (χ0) is 12.7. The molecule has 1 fully saturated rings. The van der Waals surface area contributed by atoms with Crippen LogP contribution >= 0.6 is 0 Å². The van der Waals surface area contributed by atoms with Gasteiger partial charge in [-0.3, -0.25) is 4.90 Å². The highest BCUT2D eigenvalue weighted by molar-refractivity contribution is 4.79. The lowest BCUT2D eigenvalue weighted by atomic mass is 10.0. The molecule has 0 aromatic heterocycles. The number of hydrogen-bond acceptors (Lipinski definition) is 3. The highest BCUT2D eigenvalue weighted by Gasteiger charge is 2.23. The maximum absolute atomic E-state index is 5.60. The van der Waals surface area contributed by atoms with Crippen LogP contribution in [-0.2, 0) is 4.74 Å². The minimum atomic E-state index is 0.561. The van der Waals surface area contributed by atoms with Crippen molar-refractivity contribution < 1.29 is 4.74 Å². The zero-order valence-electron chi connectivity index (χ0n) is 12.0. The summed E-state index contributed by atoms with van der Waals surface area (Å²) >= 11 is 0. The van der Waals surface area contributed by atoms with Gasteiger partial charge in [-0.25, -0.2) is 0 Å². The van der Waals surface area contributed by atoms with Gasteiger partial charge in [0.25, 0.3) is 0 Å². The van der Waals surface area contributed by atoms with E-state index in [4.69, 9.17) is 4.74 Å². The molecule has 2 unspecified atom stereocenters. The van der Waals surface area contributed by atoms with Gasteiger partial charge in [0.05, 0.1) is 13.2 Å². The molecule has 0 aromatic carbocycles.